The minimum atomic E-state index is -0.250. The van der Waals surface area contributed by atoms with Gasteiger partial charge in [-0.2, -0.15) is 5.10 Å². The van der Waals surface area contributed by atoms with Gasteiger partial charge in [-0.15, -0.1) is 0 Å². The highest BCUT2D eigenvalue weighted by Gasteiger charge is 2.21. The number of carbonyl (C=O) groups is 1. The summed E-state index contributed by atoms with van der Waals surface area (Å²) in [6.07, 6.45) is 4.61. The summed E-state index contributed by atoms with van der Waals surface area (Å²) >= 11 is 0. The molecular formula is C20H25N5O2. The van der Waals surface area contributed by atoms with Gasteiger partial charge in [0.25, 0.3) is 0 Å². The van der Waals surface area contributed by atoms with Gasteiger partial charge in [0.15, 0.2) is 11.6 Å². The molecular weight excluding hydrogens is 342 g/mol. The number of hydrogen-bond acceptors (Lipinski definition) is 4. The molecule has 0 saturated heterocycles. The maximum absolute atomic E-state index is 12.9. The van der Waals surface area contributed by atoms with Crippen molar-refractivity contribution in [3.8, 4) is 11.4 Å². The number of amides is 1. The average Bonchev–Trinajstić information content (AvgIpc) is 3.32. The summed E-state index contributed by atoms with van der Waals surface area (Å²) in [6.45, 7) is 4.60. The van der Waals surface area contributed by atoms with Crippen molar-refractivity contribution in [3.05, 3.63) is 54.6 Å². The zero-order chi connectivity index (χ0) is 19.2. The molecule has 2 heterocycles. The Morgan fingerprint density at radius 2 is 2.04 bits per heavy atom. The van der Waals surface area contributed by atoms with Crippen LogP contribution in [0.25, 0.3) is 11.4 Å². The molecule has 1 atom stereocenters. The van der Waals surface area contributed by atoms with Crippen molar-refractivity contribution in [3.63, 3.8) is 0 Å². The first-order valence-corrected chi connectivity index (χ1v) is 9.00. The summed E-state index contributed by atoms with van der Waals surface area (Å²) < 4.78 is 7.00. The van der Waals surface area contributed by atoms with E-state index in [2.05, 4.69) is 34.3 Å². The van der Waals surface area contributed by atoms with E-state index in [1.54, 1.807) is 7.11 Å². The lowest BCUT2D eigenvalue weighted by Gasteiger charge is -2.20. The van der Waals surface area contributed by atoms with Gasteiger partial charge < -0.3 is 14.6 Å². The highest BCUT2D eigenvalue weighted by Crippen LogP contribution is 2.23. The molecule has 2 N–H and O–H groups in total. The van der Waals surface area contributed by atoms with Gasteiger partial charge in [-0.1, -0.05) is 26.0 Å². The van der Waals surface area contributed by atoms with Crippen molar-refractivity contribution in [2.24, 2.45) is 5.92 Å². The minimum absolute atomic E-state index is 0.0351. The smallest absolute Gasteiger partial charge is 0.247 e. The van der Waals surface area contributed by atoms with E-state index < -0.39 is 0 Å². The van der Waals surface area contributed by atoms with E-state index in [-0.39, 0.29) is 11.9 Å². The molecule has 0 aliphatic carbocycles. The van der Waals surface area contributed by atoms with E-state index in [1.807, 2.05) is 53.4 Å². The molecule has 7 nitrogen and oxygen atoms in total. The van der Waals surface area contributed by atoms with Crippen LogP contribution < -0.4 is 5.32 Å². The van der Waals surface area contributed by atoms with Crippen LogP contribution in [0.15, 0.2) is 48.8 Å². The third-order valence-electron chi connectivity index (χ3n) is 4.19. The first-order chi connectivity index (χ1) is 13.1. The third-order valence-corrected chi connectivity index (χ3v) is 4.19. The topological polar surface area (TPSA) is 84.8 Å². The van der Waals surface area contributed by atoms with Gasteiger partial charge in [0.1, 0.15) is 12.6 Å². The summed E-state index contributed by atoms with van der Waals surface area (Å²) in [7, 11) is 1.61. The molecule has 142 valence electrons. The number of methoxy groups -OCH3 is 1. The normalized spacial score (nSPS) is 12.3. The van der Waals surface area contributed by atoms with Crippen molar-refractivity contribution < 1.29 is 9.53 Å². The zero-order valence-electron chi connectivity index (χ0n) is 15.8. The number of H-pyrrole nitrogens is 1. The lowest BCUT2D eigenvalue weighted by atomic mass is 10.0. The second kappa shape index (κ2) is 8.64. The van der Waals surface area contributed by atoms with Crippen LogP contribution in [-0.2, 0) is 16.1 Å². The minimum Gasteiger partial charge on any atom is -0.377 e. The van der Waals surface area contributed by atoms with Crippen LogP contribution >= 0.6 is 0 Å². The van der Waals surface area contributed by atoms with Crippen molar-refractivity contribution in [1.82, 2.24) is 19.7 Å². The Kier molecular flexibility index (Phi) is 6.03. The van der Waals surface area contributed by atoms with Crippen molar-refractivity contribution >= 4 is 11.6 Å². The van der Waals surface area contributed by atoms with Crippen LogP contribution in [-0.4, -0.2) is 32.8 Å². The zero-order valence-corrected chi connectivity index (χ0v) is 15.8. The number of rotatable bonds is 8. The molecule has 7 heteroatoms. The van der Waals surface area contributed by atoms with Crippen LogP contribution in [0.1, 0.15) is 32.1 Å². The molecule has 0 radical (unpaired) electrons. The van der Waals surface area contributed by atoms with Gasteiger partial charge in [-0.3, -0.25) is 9.89 Å². The predicted molar refractivity (Wildman–Crippen MR) is 104 cm³/mol. The van der Waals surface area contributed by atoms with Crippen LogP contribution in [0.2, 0.25) is 0 Å². The molecule has 0 aliphatic rings. The number of carbonyl (C=O) groups excluding carboxylic acids is 1. The summed E-state index contributed by atoms with van der Waals surface area (Å²) in [4.78, 5) is 17.3. The maximum atomic E-state index is 12.9. The molecule has 0 fully saturated rings. The van der Waals surface area contributed by atoms with Gasteiger partial charge in [-0.05, 0) is 36.6 Å². The Hall–Kier alpha value is -2.93. The molecule has 3 rings (SSSR count). The molecule has 0 saturated carbocycles. The van der Waals surface area contributed by atoms with Crippen molar-refractivity contribution in [1.29, 1.82) is 0 Å². The fourth-order valence-corrected chi connectivity index (χ4v) is 2.95. The Bertz CT molecular complexity index is 870. The van der Waals surface area contributed by atoms with Gasteiger partial charge in [0, 0.05) is 30.8 Å². The highest BCUT2D eigenvalue weighted by atomic mass is 16.5. The average molecular weight is 367 g/mol. The quantitative estimate of drug-likeness (QED) is 0.636. The Labute approximate surface area is 158 Å². The van der Waals surface area contributed by atoms with Crippen LogP contribution in [0.4, 0.5) is 5.69 Å². The molecule has 0 aliphatic heterocycles. The highest BCUT2D eigenvalue weighted by molar-refractivity contribution is 5.94. The maximum Gasteiger partial charge on any atom is 0.247 e. The summed E-state index contributed by atoms with van der Waals surface area (Å²) in [5.41, 5.74) is 1.55. The lowest BCUT2D eigenvalue weighted by Crippen LogP contribution is -2.26. The van der Waals surface area contributed by atoms with Gasteiger partial charge in [0.05, 0.1) is 0 Å². The SMILES string of the molecule is COCc1nc(-c2cccc(NC(=O)[C@@H](CC(C)C)n3cccc3)c2)n[nH]1. The number of nitrogens with zero attached hydrogens (tertiary/aromatic N) is 3. The van der Waals surface area contributed by atoms with Crippen molar-refractivity contribution in [2.45, 2.75) is 32.9 Å². The predicted octanol–water partition coefficient (Wildman–Crippen LogP) is 3.65. The molecule has 0 unspecified atom stereocenters. The third kappa shape index (κ3) is 4.83. The number of nitrogens with one attached hydrogen (secondary N) is 2. The van der Waals surface area contributed by atoms with Crippen LogP contribution in [0.3, 0.4) is 0 Å². The van der Waals surface area contributed by atoms with Crippen LogP contribution in [0, 0.1) is 5.92 Å². The lowest BCUT2D eigenvalue weighted by molar-refractivity contribution is -0.119. The molecule has 3 aromatic rings. The van der Waals surface area contributed by atoms with E-state index in [0.717, 1.165) is 17.7 Å². The molecule has 0 bridgehead atoms. The Morgan fingerprint density at radius 1 is 1.26 bits per heavy atom. The summed E-state index contributed by atoms with van der Waals surface area (Å²) in [5.74, 6) is 1.60. The fraction of sp³-hybridized carbons (Fsp3) is 0.350. The molecule has 0 spiro atoms. The number of aromatic nitrogens is 4. The Morgan fingerprint density at radius 3 is 2.74 bits per heavy atom. The number of ether oxygens (including phenoxy) is 1. The number of hydrogen-bond donors (Lipinski definition) is 2. The second-order valence-electron chi connectivity index (χ2n) is 6.88. The molecule has 27 heavy (non-hydrogen) atoms. The fourth-order valence-electron chi connectivity index (χ4n) is 2.95. The number of aromatic amines is 1. The first kappa shape index (κ1) is 18.8. The van der Waals surface area contributed by atoms with Crippen LogP contribution in [0.5, 0.6) is 0 Å². The molecule has 1 aromatic carbocycles. The number of anilines is 1. The van der Waals surface area contributed by atoms with Crippen molar-refractivity contribution in [2.75, 3.05) is 12.4 Å². The largest absolute Gasteiger partial charge is 0.377 e. The van der Waals surface area contributed by atoms with Gasteiger partial charge >= 0.3 is 0 Å². The second-order valence-corrected chi connectivity index (χ2v) is 6.88. The van der Waals surface area contributed by atoms with E-state index in [1.165, 1.54) is 0 Å². The standard InChI is InChI=1S/C20H25N5O2/c1-14(2)11-17(25-9-4-5-10-25)20(26)21-16-8-6-7-15(12-16)19-22-18(13-27-3)23-24-19/h4-10,12,14,17H,11,13H2,1-3H3,(H,21,26)(H,22,23,24)/t17-/m1/s1. The van der Waals surface area contributed by atoms with E-state index in [4.69, 9.17) is 4.74 Å². The monoisotopic (exact) mass is 367 g/mol. The van der Waals surface area contributed by atoms with E-state index in [0.29, 0.717) is 24.2 Å². The summed E-state index contributed by atoms with van der Waals surface area (Å²) in [5, 5.41) is 10.1. The molecule has 1 amide bonds. The van der Waals surface area contributed by atoms with Gasteiger partial charge in [-0.25, -0.2) is 4.98 Å². The van der Waals surface area contributed by atoms with E-state index >= 15 is 0 Å². The molecule has 2 aromatic heterocycles. The summed E-state index contributed by atoms with van der Waals surface area (Å²) in [6, 6.07) is 11.1. The Balaban J connectivity index is 1.77. The van der Waals surface area contributed by atoms with E-state index in [9.17, 15) is 4.79 Å². The first-order valence-electron chi connectivity index (χ1n) is 9.00. The number of benzene rings is 1. The van der Waals surface area contributed by atoms with Gasteiger partial charge in [0.2, 0.25) is 5.91 Å².